The number of aromatic amines is 1. The Morgan fingerprint density at radius 3 is 2.47 bits per heavy atom. The normalized spacial score (nSPS) is 12.5. The van der Waals surface area contributed by atoms with Gasteiger partial charge in [0.25, 0.3) is 5.91 Å². The van der Waals surface area contributed by atoms with E-state index >= 15 is 0 Å². The summed E-state index contributed by atoms with van der Waals surface area (Å²) in [6, 6.07) is 31.5. The number of carbonyl (C=O) groups excluding carboxylic acids is 3. The number of rotatable bonds is 14. The first-order valence-electron chi connectivity index (χ1n) is 20.2. The molecule has 1 aliphatic rings. The van der Waals surface area contributed by atoms with Crippen LogP contribution < -0.4 is 5.32 Å². The average molecular weight is 791 g/mol. The van der Waals surface area contributed by atoms with Gasteiger partial charge >= 0.3 is 5.97 Å². The molecule has 7 aromatic rings. The fraction of sp³-hybridized carbons (Fsp3) is 0.271. The minimum atomic E-state index is -0.470. The van der Waals surface area contributed by atoms with E-state index in [9.17, 15) is 18.8 Å². The average Bonchev–Trinajstić information content (AvgIpc) is 3.52. The molecule has 2 aromatic heterocycles. The van der Waals surface area contributed by atoms with Crippen LogP contribution in [-0.2, 0) is 33.7 Å². The first-order chi connectivity index (χ1) is 28.6. The summed E-state index contributed by atoms with van der Waals surface area (Å²) >= 11 is 0. The topological polar surface area (TPSA) is 131 Å². The lowest BCUT2D eigenvalue weighted by Crippen LogP contribution is -2.28. The molecular formula is C48H47FN6O4. The summed E-state index contributed by atoms with van der Waals surface area (Å²) in [7, 11) is 3.64. The molecule has 0 bridgehead atoms. The number of halogens is 1. The first-order valence-corrected chi connectivity index (χ1v) is 20.2. The predicted molar refractivity (Wildman–Crippen MR) is 231 cm³/mol. The molecule has 0 saturated carbocycles. The monoisotopic (exact) mass is 790 g/mol. The number of carbonyl (C=O) groups is 3. The number of nitrogens with one attached hydrogen (secondary N) is 3. The van der Waals surface area contributed by atoms with Crippen molar-refractivity contribution in [1.82, 2.24) is 25.1 Å². The second-order valence-electron chi connectivity index (χ2n) is 15.4. The molecule has 0 aliphatic carbocycles. The first kappa shape index (κ1) is 39.2. The third kappa shape index (κ3) is 8.37. The van der Waals surface area contributed by atoms with Gasteiger partial charge in [-0.15, -0.1) is 0 Å². The Morgan fingerprint density at radius 2 is 1.64 bits per heavy atom. The molecule has 10 nitrogen and oxygen atoms in total. The van der Waals surface area contributed by atoms with Crippen LogP contribution in [0.15, 0.2) is 97.1 Å². The van der Waals surface area contributed by atoms with Crippen LogP contribution in [0.25, 0.3) is 54.7 Å². The maximum atomic E-state index is 14.3. The lowest BCUT2D eigenvalue weighted by molar-refractivity contribution is -0.146. The second kappa shape index (κ2) is 17.1. The third-order valence-corrected chi connectivity index (χ3v) is 11.4. The van der Waals surface area contributed by atoms with Crippen LogP contribution in [0.4, 0.5) is 4.39 Å². The highest BCUT2D eigenvalue weighted by Crippen LogP contribution is 2.35. The van der Waals surface area contributed by atoms with E-state index in [2.05, 4.69) is 58.8 Å². The molecule has 0 atom stereocenters. The zero-order valence-electron chi connectivity index (χ0n) is 33.4. The van der Waals surface area contributed by atoms with Crippen molar-refractivity contribution in [1.29, 1.82) is 5.41 Å². The molecule has 0 unspecified atom stereocenters. The fourth-order valence-electron chi connectivity index (χ4n) is 8.27. The summed E-state index contributed by atoms with van der Waals surface area (Å²) in [5.41, 5.74) is 7.83. The van der Waals surface area contributed by atoms with Gasteiger partial charge in [-0.3, -0.25) is 19.8 Å². The van der Waals surface area contributed by atoms with Gasteiger partial charge in [-0.25, -0.2) is 9.37 Å². The Kier molecular flexibility index (Phi) is 11.4. The van der Waals surface area contributed by atoms with Gasteiger partial charge in [0.2, 0.25) is 5.91 Å². The van der Waals surface area contributed by atoms with Gasteiger partial charge in [-0.1, -0.05) is 78.9 Å². The highest BCUT2D eigenvalue weighted by molar-refractivity contribution is 6.11. The number of H-pyrrole nitrogens is 1. The molecule has 59 heavy (non-hydrogen) atoms. The van der Waals surface area contributed by atoms with E-state index in [1.165, 1.54) is 28.5 Å². The van der Waals surface area contributed by atoms with Crippen LogP contribution in [-0.4, -0.2) is 77.2 Å². The minimum Gasteiger partial charge on any atom is -0.466 e. The molecule has 8 rings (SSSR count). The quantitative estimate of drug-likeness (QED) is 0.0252. The number of ether oxygens (including phenoxy) is 1. The molecule has 0 spiro atoms. The molecule has 1 aliphatic heterocycles. The number of hydrogen-bond acceptors (Lipinski definition) is 6. The zero-order valence-corrected chi connectivity index (χ0v) is 33.4. The number of nitrogens with zero attached hydrogens (tertiary/aromatic N) is 3. The third-order valence-electron chi connectivity index (χ3n) is 11.4. The van der Waals surface area contributed by atoms with Crippen LogP contribution in [0.3, 0.4) is 0 Å². The number of aryl methyl sites for hydroxylation is 1. The Bertz CT molecular complexity index is 2740. The largest absolute Gasteiger partial charge is 0.466 e. The minimum absolute atomic E-state index is 0.0171. The van der Waals surface area contributed by atoms with Gasteiger partial charge in [0, 0.05) is 79.3 Å². The SMILES string of the molecule is CN(CCCc1c2ccccc2nc2c1ccc1ccccc12)C(=N)CCCOC(=O)CCC(=O)N(C)Cc1ccc(-c2[nH]c3cc(F)cc4c3c2CCNC4=O)cc1. The van der Waals surface area contributed by atoms with Crippen LogP contribution in [0, 0.1) is 11.2 Å². The van der Waals surface area contributed by atoms with Crippen LogP contribution in [0.5, 0.6) is 0 Å². The molecule has 2 amide bonds. The molecule has 11 heteroatoms. The van der Waals surface area contributed by atoms with Crippen molar-refractivity contribution >= 4 is 67.1 Å². The summed E-state index contributed by atoms with van der Waals surface area (Å²) in [6.07, 6.45) is 3.37. The van der Waals surface area contributed by atoms with E-state index < -0.39 is 11.8 Å². The maximum Gasteiger partial charge on any atom is 0.306 e. The van der Waals surface area contributed by atoms with Gasteiger partial charge in [-0.05, 0) is 71.5 Å². The van der Waals surface area contributed by atoms with Gasteiger partial charge in [0.1, 0.15) is 5.82 Å². The molecule has 0 radical (unpaired) electrons. The number of para-hydroxylation sites is 1. The van der Waals surface area contributed by atoms with E-state index in [-0.39, 0.29) is 31.3 Å². The summed E-state index contributed by atoms with van der Waals surface area (Å²) in [5.74, 6) is -0.859. The van der Waals surface area contributed by atoms with Gasteiger partial charge < -0.3 is 24.8 Å². The number of amidine groups is 1. The van der Waals surface area contributed by atoms with Crippen LogP contribution in [0.2, 0.25) is 0 Å². The molecule has 5 aromatic carbocycles. The molecule has 3 heterocycles. The molecule has 0 saturated heterocycles. The van der Waals surface area contributed by atoms with Crippen molar-refractivity contribution in [2.75, 3.05) is 33.8 Å². The number of benzene rings is 5. The molecule has 3 N–H and O–H groups in total. The Balaban J connectivity index is 0.766. The smallest absolute Gasteiger partial charge is 0.306 e. The summed E-state index contributed by atoms with van der Waals surface area (Å²) in [6.45, 7) is 1.73. The van der Waals surface area contributed by atoms with E-state index in [1.807, 2.05) is 48.3 Å². The van der Waals surface area contributed by atoms with Gasteiger partial charge in [0.15, 0.2) is 0 Å². The maximum absolute atomic E-state index is 14.3. The van der Waals surface area contributed by atoms with Crippen molar-refractivity contribution in [3.8, 4) is 11.3 Å². The predicted octanol–water partition coefficient (Wildman–Crippen LogP) is 8.72. The lowest BCUT2D eigenvalue weighted by atomic mass is 9.96. The highest BCUT2D eigenvalue weighted by atomic mass is 19.1. The fourth-order valence-corrected chi connectivity index (χ4v) is 8.27. The van der Waals surface area contributed by atoms with E-state index in [4.69, 9.17) is 15.1 Å². The van der Waals surface area contributed by atoms with Crippen LogP contribution >= 0.6 is 0 Å². The van der Waals surface area contributed by atoms with Crippen molar-refractivity contribution < 1.29 is 23.5 Å². The van der Waals surface area contributed by atoms with Crippen molar-refractivity contribution in [2.24, 2.45) is 0 Å². The summed E-state index contributed by atoms with van der Waals surface area (Å²) in [4.78, 5) is 49.9. The highest BCUT2D eigenvalue weighted by Gasteiger charge is 2.24. The number of amides is 2. The van der Waals surface area contributed by atoms with E-state index in [1.54, 1.807) is 11.9 Å². The van der Waals surface area contributed by atoms with Crippen molar-refractivity contribution in [2.45, 2.75) is 51.5 Å². The van der Waals surface area contributed by atoms with Gasteiger partial charge in [0.05, 0.1) is 35.5 Å². The zero-order chi connectivity index (χ0) is 41.0. The number of hydrogen-bond donors (Lipinski definition) is 3. The van der Waals surface area contributed by atoms with Crippen molar-refractivity contribution in [3.63, 3.8) is 0 Å². The Morgan fingerprint density at radius 1 is 0.864 bits per heavy atom. The summed E-state index contributed by atoms with van der Waals surface area (Å²) in [5, 5.41) is 16.9. The molecule has 300 valence electrons. The van der Waals surface area contributed by atoms with E-state index in [0.29, 0.717) is 49.3 Å². The van der Waals surface area contributed by atoms with E-state index in [0.717, 1.165) is 69.0 Å². The second-order valence-corrected chi connectivity index (χ2v) is 15.4. The summed E-state index contributed by atoms with van der Waals surface area (Å²) < 4.78 is 19.7. The number of aromatic nitrogens is 2. The van der Waals surface area contributed by atoms with Crippen LogP contribution in [0.1, 0.15) is 59.2 Å². The molecule has 0 fully saturated rings. The Labute approximate surface area is 341 Å². The lowest BCUT2D eigenvalue weighted by Gasteiger charge is -2.20. The Hall–Kier alpha value is -6.62. The number of pyridine rings is 1. The standard InChI is InChI=1S/C48H47FN6O4/c1-54(25-7-12-35-36-11-5-6-13-40(36)52-47-34-10-4-3-9-31(34)19-20-37(35)47)42(50)14-8-26-59-44(57)22-21-43(56)55(2)29-30-15-17-32(18-16-30)46-38-23-24-51-48(58)39-27-33(49)28-41(53-46)45(38)39/h3-6,9-11,13,15-20,27-28,50,53H,7-8,12,14,21-26,29H2,1-2H3,(H,51,58). The number of fused-ring (bicyclic) bond motifs is 4. The van der Waals surface area contributed by atoms with Gasteiger partial charge in [-0.2, -0.15) is 0 Å². The number of esters is 1. The van der Waals surface area contributed by atoms with Crippen molar-refractivity contribution in [3.05, 3.63) is 125 Å². The molecular weight excluding hydrogens is 744 g/mol.